The standard InChI is InChI=1S/C40H52N4O3/c1-4-5-6-7-8-9-10-11-12-13-14-15-16-17-18-19-20-25-38(45)41-28-29-42-39(46)27-26-33-31(2)37(43-32(33)3)30-35-34-23-21-22-24-36(34)44-40(35)47/h5-6,8-9,11-12,14-15,17-18,21-24,30,43H,4,7,10,13,16,19-20,25-29H2,1-3H3,(H,41,45)(H,42,46)(H,44,47)/b6-5-,9-8-,12-11-,15-14-,18-17-,35-30-. The SMILES string of the molecule is CC/C=C\C/C=C\C/C=C\C/C=C\C/C=C\CCCC(=O)NCCNC(=O)CCc1c(C)[nH]c(/C=C2\C(=O)Nc3ccccc32)c1C. The van der Waals surface area contributed by atoms with Crippen molar-refractivity contribution in [2.75, 3.05) is 18.4 Å². The van der Waals surface area contributed by atoms with Crippen LogP contribution < -0.4 is 16.0 Å². The Kier molecular flexibility index (Phi) is 16.6. The minimum absolute atomic E-state index is 0.00499. The number of unbranched alkanes of at least 4 members (excludes halogenated alkanes) is 1. The summed E-state index contributed by atoms with van der Waals surface area (Å²) in [6.07, 6.45) is 31.7. The lowest BCUT2D eigenvalue weighted by atomic mass is 10.0. The molecule has 0 saturated heterocycles. The number of para-hydroxylation sites is 1. The van der Waals surface area contributed by atoms with Crippen LogP contribution in [0.2, 0.25) is 0 Å². The van der Waals surface area contributed by atoms with Crippen molar-refractivity contribution in [3.63, 3.8) is 0 Å². The van der Waals surface area contributed by atoms with Gasteiger partial charge in [-0.1, -0.05) is 85.9 Å². The fourth-order valence-electron chi connectivity index (χ4n) is 5.33. The van der Waals surface area contributed by atoms with Gasteiger partial charge in [0, 0.05) is 48.6 Å². The molecule has 250 valence electrons. The summed E-state index contributed by atoms with van der Waals surface area (Å²) >= 11 is 0. The maximum Gasteiger partial charge on any atom is 0.256 e. The molecule has 0 saturated carbocycles. The predicted octanol–water partition coefficient (Wildman–Crippen LogP) is 8.21. The molecule has 2 aromatic rings. The average molecular weight is 637 g/mol. The van der Waals surface area contributed by atoms with E-state index in [1.165, 1.54) is 0 Å². The van der Waals surface area contributed by atoms with E-state index in [-0.39, 0.29) is 17.7 Å². The van der Waals surface area contributed by atoms with Crippen molar-refractivity contribution in [2.45, 2.75) is 85.0 Å². The minimum Gasteiger partial charge on any atom is -0.359 e. The second-order valence-corrected chi connectivity index (χ2v) is 11.6. The molecule has 7 nitrogen and oxygen atoms in total. The number of rotatable bonds is 20. The van der Waals surface area contributed by atoms with Crippen LogP contribution in [-0.2, 0) is 20.8 Å². The van der Waals surface area contributed by atoms with Gasteiger partial charge in [-0.3, -0.25) is 14.4 Å². The van der Waals surface area contributed by atoms with Gasteiger partial charge in [0.25, 0.3) is 5.91 Å². The lowest BCUT2D eigenvalue weighted by molar-refractivity contribution is -0.122. The number of aryl methyl sites for hydroxylation is 1. The van der Waals surface area contributed by atoms with E-state index in [2.05, 4.69) is 88.6 Å². The first-order valence-corrected chi connectivity index (χ1v) is 17.0. The number of hydrogen-bond acceptors (Lipinski definition) is 3. The van der Waals surface area contributed by atoms with Crippen molar-refractivity contribution >= 4 is 35.1 Å². The van der Waals surface area contributed by atoms with Gasteiger partial charge in [-0.25, -0.2) is 0 Å². The highest BCUT2D eigenvalue weighted by Crippen LogP contribution is 2.33. The number of benzene rings is 1. The second kappa shape index (κ2) is 21.2. The summed E-state index contributed by atoms with van der Waals surface area (Å²) in [6.45, 7) is 6.96. The Morgan fingerprint density at radius 3 is 1.98 bits per heavy atom. The first-order chi connectivity index (χ1) is 22.9. The van der Waals surface area contributed by atoms with E-state index in [0.29, 0.717) is 37.9 Å². The highest BCUT2D eigenvalue weighted by Gasteiger charge is 2.24. The summed E-state index contributed by atoms with van der Waals surface area (Å²) in [6, 6.07) is 7.65. The molecule has 1 aliphatic heterocycles. The number of H-pyrrole nitrogens is 1. The van der Waals surface area contributed by atoms with Crippen LogP contribution in [0.1, 0.15) is 92.8 Å². The van der Waals surface area contributed by atoms with Gasteiger partial charge < -0.3 is 20.9 Å². The highest BCUT2D eigenvalue weighted by atomic mass is 16.2. The Labute approximate surface area is 281 Å². The van der Waals surface area contributed by atoms with Gasteiger partial charge in [0.2, 0.25) is 11.8 Å². The lowest BCUT2D eigenvalue weighted by Gasteiger charge is -2.07. The summed E-state index contributed by atoms with van der Waals surface area (Å²) in [5.41, 5.74) is 6.33. The van der Waals surface area contributed by atoms with Crippen LogP contribution in [0.25, 0.3) is 11.6 Å². The van der Waals surface area contributed by atoms with Gasteiger partial charge in [0.15, 0.2) is 0 Å². The van der Waals surface area contributed by atoms with Crippen molar-refractivity contribution < 1.29 is 14.4 Å². The maximum atomic E-state index is 12.5. The normalized spacial score (nSPS) is 14.0. The maximum absolute atomic E-state index is 12.5. The molecule has 7 heteroatoms. The average Bonchev–Trinajstić information content (AvgIpc) is 3.52. The number of allylic oxidation sites excluding steroid dienone is 10. The fourth-order valence-corrected chi connectivity index (χ4v) is 5.33. The van der Waals surface area contributed by atoms with Gasteiger partial charge in [-0.05, 0) is 88.5 Å². The van der Waals surface area contributed by atoms with E-state index < -0.39 is 0 Å². The molecular weight excluding hydrogens is 584 g/mol. The number of carbonyl (C=O) groups is 3. The van der Waals surface area contributed by atoms with Crippen LogP contribution in [0.15, 0.2) is 85.0 Å². The molecular formula is C40H52N4O3. The van der Waals surface area contributed by atoms with E-state index in [1.807, 2.05) is 44.2 Å². The van der Waals surface area contributed by atoms with Crippen molar-refractivity contribution in [3.05, 3.63) is 113 Å². The minimum atomic E-state index is -0.115. The predicted molar refractivity (Wildman–Crippen MR) is 196 cm³/mol. The Bertz CT molecular complexity index is 1500. The zero-order valence-corrected chi connectivity index (χ0v) is 28.4. The number of aromatic amines is 1. The third-order valence-corrected chi connectivity index (χ3v) is 7.93. The number of carbonyl (C=O) groups excluding carboxylic acids is 3. The van der Waals surface area contributed by atoms with Crippen LogP contribution in [0.5, 0.6) is 0 Å². The molecule has 0 spiro atoms. The smallest absolute Gasteiger partial charge is 0.256 e. The molecule has 0 radical (unpaired) electrons. The number of hydrogen-bond donors (Lipinski definition) is 4. The Morgan fingerprint density at radius 2 is 1.34 bits per heavy atom. The molecule has 1 aliphatic rings. The van der Waals surface area contributed by atoms with Crippen molar-refractivity contribution in [1.29, 1.82) is 0 Å². The molecule has 47 heavy (non-hydrogen) atoms. The highest BCUT2D eigenvalue weighted by molar-refractivity contribution is 6.34. The zero-order valence-electron chi connectivity index (χ0n) is 28.4. The Hall–Kier alpha value is -4.65. The molecule has 0 bridgehead atoms. The molecule has 3 amide bonds. The Balaban J connectivity index is 1.23. The van der Waals surface area contributed by atoms with Crippen LogP contribution in [0.3, 0.4) is 0 Å². The molecule has 2 heterocycles. The summed E-state index contributed by atoms with van der Waals surface area (Å²) < 4.78 is 0. The first kappa shape index (κ1) is 36.8. The van der Waals surface area contributed by atoms with Gasteiger partial charge in [0.05, 0.1) is 5.57 Å². The van der Waals surface area contributed by atoms with Gasteiger partial charge in [-0.15, -0.1) is 0 Å². The molecule has 0 unspecified atom stereocenters. The summed E-state index contributed by atoms with van der Waals surface area (Å²) in [5.74, 6) is -0.164. The largest absolute Gasteiger partial charge is 0.359 e. The molecule has 4 N–H and O–H groups in total. The first-order valence-electron chi connectivity index (χ1n) is 17.0. The van der Waals surface area contributed by atoms with Gasteiger partial charge in [0.1, 0.15) is 0 Å². The quantitative estimate of drug-likeness (QED) is 0.0669. The number of nitrogens with one attached hydrogen (secondary N) is 4. The van der Waals surface area contributed by atoms with E-state index in [0.717, 1.165) is 78.7 Å². The monoisotopic (exact) mass is 636 g/mol. The van der Waals surface area contributed by atoms with E-state index in [1.54, 1.807) is 0 Å². The molecule has 3 rings (SSSR count). The van der Waals surface area contributed by atoms with E-state index in [9.17, 15) is 14.4 Å². The van der Waals surface area contributed by atoms with Crippen molar-refractivity contribution in [1.82, 2.24) is 15.6 Å². The van der Waals surface area contributed by atoms with Gasteiger partial charge in [-0.2, -0.15) is 0 Å². The Morgan fingerprint density at radius 1 is 0.766 bits per heavy atom. The van der Waals surface area contributed by atoms with Crippen LogP contribution in [0, 0.1) is 13.8 Å². The number of aromatic nitrogens is 1. The molecule has 1 aromatic carbocycles. The second-order valence-electron chi connectivity index (χ2n) is 11.6. The summed E-state index contributed by atoms with van der Waals surface area (Å²) in [5, 5.41) is 8.69. The van der Waals surface area contributed by atoms with Crippen molar-refractivity contribution in [2.24, 2.45) is 0 Å². The molecule has 1 aromatic heterocycles. The lowest BCUT2D eigenvalue weighted by Crippen LogP contribution is -2.34. The molecule has 0 fully saturated rings. The summed E-state index contributed by atoms with van der Waals surface area (Å²) in [4.78, 5) is 40.5. The number of fused-ring (bicyclic) bond motifs is 1. The van der Waals surface area contributed by atoms with E-state index in [4.69, 9.17) is 0 Å². The molecule has 0 aliphatic carbocycles. The number of amides is 3. The summed E-state index contributed by atoms with van der Waals surface area (Å²) in [7, 11) is 0. The third kappa shape index (κ3) is 13.3. The topological polar surface area (TPSA) is 103 Å². The zero-order chi connectivity index (χ0) is 33.7. The van der Waals surface area contributed by atoms with E-state index >= 15 is 0 Å². The van der Waals surface area contributed by atoms with Crippen molar-refractivity contribution in [3.8, 4) is 0 Å². The van der Waals surface area contributed by atoms with Crippen LogP contribution in [-0.4, -0.2) is 35.8 Å². The third-order valence-electron chi connectivity index (χ3n) is 7.93. The number of anilines is 1. The fraction of sp³-hybridized carbons (Fsp3) is 0.375. The molecule has 0 atom stereocenters. The van der Waals surface area contributed by atoms with Crippen LogP contribution >= 0.6 is 0 Å². The van der Waals surface area contributed by atoms with Gasteiger partial charge >= 0.3 is 0 Å². The van der Waals surface area contributed by atoms with Crippen LogP contribution in [0.4, 0.5) is 5.69 Å².